The average molecular weight is 571 g/mol. The molecule has 0 saturated heterocycles. The lowest BCUT2D eigenvalue weighted by atomic mass is 9.77. The van der Waals surface area contributed by atoms with E-state index in [2.05, 4.69) is 85.1 Å². The van der Waals surface area contributed by atoms with E-state index in [1.165, 1.54) is 0 Å². The molecule has 2 amide bonds. The molecule has 0 atom stereocenters. The van der Waals surface area contributed by atoms with Crippen molar-refractivity contribution in [1.29, 1.82) is 0 Å². The minimum absolute atomic E-state index is 0.132. The first-order valence-electron chi connectivity index (χ1n) is 15.5. The summed E-state index contributed by atoms with van der Waals surface area (Å²) in [6.07, 6.45) is 8.03. The maximum absolute atomic E-state index is 13.6. The van der Waals surface area contributed by atoms with E-state index in [9.17, 15) is 9.59 Å². The van der Waals surface area contributed by atoms with Crippen molar-refractivity contribution in [2.45, 2.75) is 90.1 Å². The number of hydrogen-bond acceptors (Lipinski definition) is 4. The van der Waals surface area contributed by atoms with Crippen LogP contribution in [-0.2, 0) is 21.5 Å². The van der Waals surface area contributed by atoms with Crippen LogP contribution >= 0.6 is 0 Å². The molecule has 1 saturated carbocycles. The molecule has 4 rings (SSSR count). The van der Waals surface area contributed by atoms with Crippen LogP contribution in [0.5, 0.6) is 5.75 Å². The van der Waals surface area contributed by atoms with Crippen LogP contribution in [0.1, 0.15) is 86.1 Å². The second-order valence-electron chi connectivity index (χ2n) is 11.5. The molecule has 0 bridgehead atoms. The van der Waals surface area contributed by atoms with Crippen LogP contribution in [0.2, 0.25) is 0 Å². The van der Waals surface area contributed by atoms with Gasteiger partial charge in [-0.3, -0.25) is 4.79 Å². The number of ether oxygens (including phenoxy) is 2. The van der Waals surface area contributed by atoms with Crippen LogP contribution in [0, 0.1) is 13.8 Å². The van der Waals surface area contributed by atoms with Crippen molar-refractivity contribution in [2.75, 3.05) is 13.2 Å². The number of benzene rings is 3. The molecule has 3 aromatic rings. The van der Waals surface area contributed by atoms with Gasteiger partial charge in [-0.1, -0.05) is 84.6 Å². The van der Waals surface area contributed by atoms with Crippen LogP contribution in [0.25, 0.3) is 0 Å². The van der Waals surface area contributed by atoms with E-state index in [1.807, 2.05) is 19.1 Å². The quantitative estimate of drug-likeness (QED) is 0.155. The Morgan fingerprint density at radius 3 is 2.10 bits per heavy atom. The van der Waals surface area contributed by atoms with Crippen LogP contribution in [0.3, 0.4) is 0 Å². The van der Waals surface area contributed by atoms with Crippen molar-refractivity contribution in [3.05, 3.63) is 101 Å². The van der Waals surface area contributed by atoms with Crippen molar-refractivity contribution < 1.29 is 19.1 Å². The summed E-state index contributed by atoms with van der Waals surface area (Å²) in [4.78, 5) is 25.1. The first kappa shape index (κ1) is 31.1. The Morgan fingerprint density at radius 2 is 1.50 bits per heavy atom. The lowest BCUT2D eigenvalue weighted by Crippen LogP contribution is -2.53. The summed E-state index contributed by atoms with van der Waals surface area (Å²) >= 11 is 0. The van der Waals surface area contributed by atoms with Gasteiger partial charge < -0.3 is 20.1 Å². The lowest BCUT2D eigenvalue weighted by molar-refractivity contribution is -0.143. The number of esters is 1. The Kier molecular flexibility index (Phi) is 11.4. The highest BCUT2D eigenvalue weighted by Crippen LogP contribution is 2.35. The summed E-state index contributed by atoms with van der Waals surface area (Å²) in [6, 6.07) is 25.2. The Bertz CT molecular complexity index is 1250. The molecular weight excluding hydrogens is 524 g/mol. The van der Waals surface area contributed by atoms with E-state index >= 15 is 0 Å². The molecule has 0 aromatic heterocycles. The van der Waals surface area contributed by atoms with Gasteiger partial charge in [0.2, 0.25) is 0 Å². The van der Waals surface area contributed by atoms with Crippen molar-refractivity contribution in [3.63, 3.8) is 0 Å². The monoisotopic (exact) mass is 570 g/mol. The SMILES string of the molecule is CCOC(=O)CCCCCOc1ccc(CC(NC(=O)NC2CCCC2)(c2cccc(C)c2)c2cccc(C)c2)cc1. The van der Waals surface area contributed by atoms with Gasteiger partial charge in [-0.05, 0) is 81.7 Å². The van der Waals surface area contributed by atoms with E-state index in [0.29, 0.717) is 26.1 Å². The minimum atomic E-state index is -0.762. The molecule has 1 aliphatic carbocycles. The summed E-state index contributed by atoms with van der Waals surface area (Å²) in [6.45, 7) is 7.03. The zero-order valence-electron chi connectivity index (χ0n) is 25.4. The first-order chi connectivity index (χ1) is 20.4. The normalized spacial score (nSPS) is 13.5. The van der Waals surface area contributed by atoms with Gasteiger partial charge in [0.15, 0.2) is 0 Å². The number of carbonyl (C=O) groups is 2. The number of unbranched alkanes of at least 4 members (excludes halogenated alkanes) is 2. The lowest BCUT2D eigenvalue weighted by Gasteiger charge is -2.37. The third-order valence-electron chi connectivity index (χ3n) is 8.03. The third kappa shape index (κ3) is 8.85. The first-order valence-corrected chi connectivity index (χ1v) is 15.5. The highest BCUT2D eigenvalue weighted by Gasteiger charge is 2.37. The smallest absolute Gasteiger partial charge is 0.315 e. The maximum Gasteiger partial charge on any atom is 0.315 e. The van der Waals surface area contributed by atoms with E-state index in [0.717, 1.165) is 78.5 Å². The summed E-state index contributed by atoms with van der Waals surface area (Å²) in [5.41, 5.74) is 4.74. The largest absolute Gasteiger partial charge is 0.494 e. The van der Waals surface area contributed by atoms with Gasteiger partial charge in [0.05, 0.1) is 18.8 Å². The molecule has 224 valence electrons. The van der Waals surface area contributed by atoms with Gasteiger partial charge in [-0.15, -0.1) is 0 Å². The Labute approximate surface area is 251 Å². The maximum atomic E-state index is 13.6. The number of amides is 2. The van der Waals surface area contributed by atoms with Gasteiger partial charge >= 0.3 is 12.0 Å². The van der Waals surface area contributed by atoms with Crippen LogP contribution < -0.4 is 15.4 Å². The average Bonchev–Trinajstić information content (AvgIpc) is 3.48. The molecule has 0 aliphatic heterocycles. The van der Waals surface area contributed by atoms with Crippen molar-refractivity contribution in [3.8, 4) is 5.75 Å². The second-order valence-corrected chi connectivity index (χ2v) is 11.5. The molecule has 42 heavy (non-hydrogen) atoms. The highest BCUT2D eigenvalue weighted by atomic mass is 16.5. The van der Waals surface area contributed by atoms with Gasteiger partial charge in [-0.2, -0.15) is 0 Å². The predicted molar refractivity (Wildman–Crippen MR) is 168 cm³/mol. The fourth-order valence-electron chi connectivity index (χ4n) is 5.85. The van der Waals surface area contributed by atoms with Crippen molar-refractivity contribution >= 4 is 12.0 Å². The van der Waals surface area contributed by atoms with Crippen LogP contribution in [0.4, 0.5) is 4.79 Å². The fraction of sp³-hybridized carbons (Fsp3) is 0.444. The molecule has 0 heterocycles. The Balaban J connectivity index is 1.52. The zero-order chi connectivity index (χ0) is 29.8. The van der Waals surface area contributed by atoms with Gasteiger partial charge in [0.1, 0.15) is 5.75 Å². The molecular formula is C36H46N2O4. The molecule has 3 aromatic carbocycles. The van der Waals surface area contributed by atoms with Crippen molar-refractivity contribution in [1.82, 2.24) is 10.6 Å². The number of nitrogens with one attached hydrogen (secondary N) is 2. The standard InChI is InChI=1S/C36H46N2O4/c1-4-41-34(39)18-6-5-9-23-42-33-21-19-29(20-22-33)26-36(30-14-10-12-27(2)24-30,31-15-11-13-28(3)25-31)38-35(40)37-32-16-7-8-17-32/h10-15,19-22,24-25,32H,4-9,16-18,23,26H2,1-3H3,(H2,37,38,40). The number of aryl methyl sites for hydroxylation is 2. The second kappa shape index (κ2) is 15.4. The van der Waals surface area contributed by atoms with Crippen LogP contribution in [-0.4, -0.2) is 31.3 Å². The predicted octanol–water partition coefficient (Wildman–Crippen LogP) is 7.53. The van der Waals surface area contributed by atoms with E-state index in [1.54, 1.807) is 0 Å². The molecule has 1 fully saturated rings. The topological polar surface area (TPSA) is 76.7 Å². The Hall–Kier alpha value is -3.80. The van der Waals surface area contributed by atoms with E-state index < -0.39 is 5.54 Å². The molecule has 6 nitrogen and oxygen atoms in total. The highest BCUT2D eigenvalue weighted by molar-refractivity contribution is 5.76. The van der Waals surface area contributed by atoms with Gasteiger partial charge in [0, 0.05) is 18.9 Å². The summed E-state index contributed by atoms with van der Waals surface area (Å²) in [7, 11) is 0. The van der Waals surface area contributed by atoms with Crippen molar-refractivity contribution in [2.24, 2.45) is 0 Å². The molecule has 1 aliphatic rings. The minimum Gasteiger partial charge on any atom is -0.494 e. The van der Waals surface area contributed by atoms with E-state index in [-0.39, 0.29) is 18.0 Å². The van der Waals surface area contributed by atoms with Gasteiger partial charge in [0.25, 0.3) is 0 Å². The number of urea groups is 1. The van der Waals surface area contributed by atoms with Crippen LogP contribution in [0.15, 0.2) is 72.8 Å². The fourth-order valence-corrected chi connectivity index (χ4v) is 5.85. The Morgan fingerprint density at radius 1 is 0.857 bits per heavy atom. The third-order valence-corrected chi connectivity index (χ3v) is 8.03. The zero-order valence-corrected chi connectivity index (χ0v) is 25.4. The molecule has 0 spiro atoms. The summed E-state index contributed by atoms with van der Waals surface area (Å²) in [5.74, 6) is 0.680. The molecule has 0 unspecified atom stereocenters. The van der Waals surface area contributed by atoms with E-state index in [4.69, 9.17) is 9.47 Å². The number of hydrogen-bond donors (Lipinski definition) is 2. The summed E-state index contributed by atoms with van der Waals surface area (Å²) in [5, 5.41) is 6.72. The number of rotatable bonds is 14. The number of carbonyl (C=O) groups excluding carboxylic acids is 2. The van der Waals surface area contributed by atoms with Gasteiger partial charge in [-0.25, -0.2) is 4.79 Å². The summed E-state index contributed by atoms with van der Waals surface area (Å²) < 4.78 is 11.0. The molecule has 0 radical (unpaired) electrons. The molecule has 6 heteroatoms. The molecule has 2 N–H and O–H groups in total.